The molecule has 0 amide bonds. The smallest absolute Gasteiger partial charge is 0.294 e. The summed E-state index contributed by atoms with van der Waals surface area (Å²) in [7, 11) is 0. The topological polar surface area (TPSA) is 17.1 Å². The van der Waals surface area contributed by atoms with Gasteiger partial charge in [-0.25, -0.2) is 4.39 Å². The summed E-state index contributed by atoms with van der Waals surface area (Å²) in [6, 6.07) is 10.2. The highest BCUT2D eigenvalue weighted by Gasteiger charge is 2.36. The second kappa shape index (κ2) is 7.83. The molecule has 0 aromatic heterocycles. The summed E-state index contributed by atoms with van der Waals surface area (Å²) in [6.07, 6.45) is -1.36. The summed E-state index contributed by atoms with van der Waals surface area (Å²) >= 11 is 0. The number of aryl methyl sites for hydroxylation is 1. The lowest BCUT2D eigenvalue weighted by atomic mass is 9.75. The van der Waals surface area contributed by atoms with Crippen LogP contribution in [0.5, 0.6) is 0 Å². The normalized spacial score (nSPS) is 20.5. The molecule has 0 heterocycles. The predicted octanol–water partition coefficient (Wildman–Crippen LogP) is 6.70. The van der Waals surface area contributed by atoms with E-state index in [1.807, 2.05) is 0 Å². The number of rotatable bonds is 4. The van der Waals surface area contributed by atoms with E-state index in [0.717, 1.165) is 6.07 Å². The van der Waals surface area contributed by atoms with Crippen LogP contribution >= 0.6 is 0 Å². The molecule has 0 radical (unpaired) electrons. The highest BCUT2D eigenvalue weighted by atomic mass is 19.4. The maximum Gasteiger partial charge on any atom is 0.416 e. The van der Waals surface area contributed by atoms with E-state index in [9.17, 15) is 22.4 Å². The van der Waals surface area contributed by atoms with Crippen molar-refractivity contribution in [2.75, 3.05) is 0 Å². The molecule has 0 N–H and O–H groups in total. The van der Waals surface area contributed by atoms with Crippen molar-refractivity contribution in [2.24, 2.45) is 5.92 Å². The van der Waals surface area contributed by atoms with Crippen molar-refractivity contribution >= 4 is 5.78 Å². The van der Waals surface area contributed by atoms with E-state index in [0.29, 0.717) is 48.8 Å². The standard InChI is InChI=1S/C22H22F4O/c1-14-6-9-17(13-20(14)23)21(27)12-15-7-10-16(11-8-15)18-4-2-3-5-19(18)22(24,25)26/h2-6,9,13,15-16H,7-8,10-12H2,1H3. The Bertz CT molecular complexity index is 817. The zero-order valence-corrected chi connectivity index (χ0v) is 15.2. The van der Waals surface area contributed by atoms with Crippen LogP contribution in [-0.4, -0.2) is 5.78 Å². The average molecular weight is 378 g/mol. The third-order valence-electron chi connectivity index (χ3n) is 5.52. The number of ketones is 1. The minimum absolute atomic E-state index is 0.104. The summed E-state index contributed by atoms with van der Waals surface area (Å²) in [6.45, 7) is 1.64. The molecule has 1 saturated carbocycles. The van der Waals surface area contributed by atoms with Gasteiger partial charge in [-0.3, -0.25) is 4.79 Å². The Hall–Kier alpha value is -2.17. The van der Waals surface area contributed by atoms with Crippen LogP contribution in [0.4, 0.5) is 17.6 Å². The van der Waals surface area contributed by atoms with Crippen molar-refractivity contribution in [3.63, 3.8) is 0 Å². The lowest BCUT2D eigenvalue weighted by molar-refractivity contribution is -0.138. The highest BCUT2D eigenvalue weighted by molar-refractivity contribution is 5.96. The number of hydrogen-bond donors (Lipinski definition) is 0. The largest absolute Gasteiger partial charge is 0.416 e. The molecular weight excluding hydrogens is 356 g/mol. The molecule has 0 spiro atoms. The molecular formula is C22H22F4O. The molecule has 0 bridgehead atoms. The minimum atomic E-state index is -4.35. The van der Waals surface area contributed by atoms with E-state index in [-0.39, 0.29) is 17.6 Å². The van der Waals surface area contributed by atoms with E-state index in [1.165, 1.54) is 12.1 Å². The van der Waals surface area contributed by atoms with Gasteiger partial charge in [0.2, 0.25) is 0 Å². The molecule has 1 nitrogen and oxygen atoms in total. The zero-order valence-electron chi connectivity index (χ0n) is 15.2. The number of carbonyl (C=O) groups excluding carboxylic acids is 1. The van der Waals surface area contributed by atoms with Crippen LogP contribution in [0.1, 0.15) is 65.1 Å². The molecule has 0 saturated heterocycles. The van der Waals surface area contributed by atoms with Gasteiger partial charge < -0.3 is 0 Å². The molecule has 3 rings (SSSR count). The van der Waals surface area contributed by atoms with Crippen LogP contribution in [0, 0.1) is 18.7 Å². The minimum Gasteiger partial charge on any atom is -0.294 e. The Morgan fingerprint density at radius 3 is 2.33 bits per heavy atom. The van der Waals surface area contributed by atoms with Crippen molar-refractivity contribution in [2.45, 2.75) is 51.1 Å². The average Bonchev–Trinajstić information content (AvgIpc) is 2.64. The van der Waals surface area contributed by atoms with Crippen molar-refractivity contribution in [3.05, 3.63) is 70.5 Å². The first-order valence-electron chi connectivity index (χ1n) is 9.21. The molecule has 2 aromatic carbocycles. The number of benzene rings is 2. The Labute approximate surface area is 156 Å². The quantitative estimate of drug-likeness (QED) is 0.427. The third-order valence-corrected chi connectivity index (χ3v) is 5.52. The van der Waals surface area contributed by atoms with Gasteiger partial charge in [-0.05, 0) is 67.7 Å². The first-order chi connectivity index (χ1) is 12.8. The zero-order chi connectivity index (χ0) is 19.6. The monoisotopic (exact) mass is 378 g/mol. The van der Waals surface area contributed by atoms with Crippen LogP contribution < -0.4 is 0 Å². The van der Waals surface area contributed by atoms with Crippen LogP contribution in [0.25, 0.3) is 0 Å². The van der Waals surface area contributed by atoms with Crippen LogP contribution in [0.3, 0.4) is 0 Å². The lowest BCUT2D eigenvalue weighted by Crippen LogP contribution is -2.19. The van der Waals surface area contributed by atoms with Crippen LogP contribution in [0.15, 0.2) is 42.5 Å². The maximum absolute atomic E-state index is 13.6. The number of Topliss-reactive ketones (excluding diaryl/α,β-unsaturated/α-hetero) is 1. The van der Waals surface area contributed by atoms with Gasteiger partial charge in [0, 0.05) is 12.0 Å². The SMILES string of the molecule is Cc1ccc(C(=O)CC2CCC(c3ccccc3C(F)(F)F)CC2)cc1F. The van der Waals surface area contributed by atoms with Crippen LogP contribution in [0.2, 0.25) is 0 Å². The van der Waals surface area contributed by atoms with Crippen molar-refractivity contribution in [1.82, 2.24) is 0 Å². The summed E-state index contributed by atoms with van der Waals surface area (Å²) < 4.78 is 53.3. The van der Waals surface area contributed by atoms with E-state index < -0.39 is 17.6 Å². The molecule has 5 heteroatoms. The fourth-order valence-electron chi connectivity index (χ4n) is 3.94. The van der Waals surface area contributed by atoms with Gasteiger partial charge in [-0.1, -0.05) is 30.3 Å². The Morgan fingerprint density at radius 1 is 1.04 bits per heavy atom. The molecule has 2 aromatic rings. The molecule has 27 heavy (non-hydrogen) atoms. The summed E-state index contributed by atoms with van der Waals surface area (Å²) in [5.74, 6) is -0.497. The first kappa shape index (κ1) is 19.6. The second-order valence-electron chi connectivity index (χ2n) is 7.39. The van der Waals surface area contributed by atoms with Gasteiger partial charge in [-0.15, -0.1) is 0 Å². The molecule has 1 aliphatic carbocycles. The highest BCUT2D eigenvalue weighted by Crippen LogP contribution is 2.42. The third kappa shape index (κ3) is 4.57. The fourth-order valence-corrected chi connectivity index (χ4v) is 3.94. The van der Waals surface area contributed by atoms with Crippen molar-refractivity contribution in [3.8, 4) is 0 Å². The fraction of sp³-hybridized carbons (Fsp3) is 0.409. The van der Waals surface area contributed by atoms with Gasteiger partial charge in [0.25, 0.3) is 0 Å². The summed E-state index contributed by atoms with van der Waals surface area (Å²) in [4.78, 5) is 12.4. The first-order valence-corrected chi connectivity index (χ1v) is 9.21. The number of alkyl halides is 3. The molecule has 0 aliphatic heterocycles. The van der Waals surface area contributed by atoms with Gasteiger partial charge in [-0.2, -0.15) is 13.2 Å². The second-order valence-corrected chi connectivity index (χ2v) is 7.39. The van der Waals surface area contributed by atoms with Gasteiger partial charge in [0.1, 0.15) is 5.82 Å². The van der Waals surface area contributed by atoms with E-state index >= 15 is 0 Å². The summed E-state index contributed by atoms with van der Waals surface area (Å²) in [5, 5.41) is 0. The van der Waals surface area contributed by atoms with Crippen LogP contribution in [-0.2, 0) is 6.18 Å². The molecule has 144 valence electrons. The maximum atomic E-state index is 13.6. The van der Waals surface area contributed by atoms with E-state index in [4.69, 9.17) is 0 Å². The number of hydrogen-bond acceptors (Lipinski definition) is 1. The molecule has 0 unspecified atom stereocenters. The lowest BCUT2D eigenvalue weighted by Gasteiger charge is -2.30. The predicted molar refractivity (Wildman–Crippen MR) is 96.2 cm³/mol. The number of halogens is 4. The van der Waals surface area contributed by atoms with Gasteiger partial charge in [0.05, 0.1) is 5.56 Å². The van der Waals surface area contributed by atoms with Gasteiger partial charge >= 0.3 is 6.18 Å². The molecule has 1 fully saturated rings. The van der Waals surface area contributed by atoms with E-state index in [1.54, 1.807) is 31.2 Å². The Morgan fingerprint density at radius 2 is 1.70 bits per heavy atom. The Balaban J connectivity index is 1.63. The van der Waals surface area contributed by atoms with Gasteiger partial charge in [0.15, 0.2) is 5.78 Å². The summed E-state index contributed by atoms with van der Waals surface area (Å²) in [5.41, 5.74) is 0.660. The molecule has 0 atom stereocenters. The number of carbonyl (C=O) groups is 1. The molecule has 1 aliphatic rings. The van der Waals surface area contributed by atoms with E-state index in [2.05, 4.69) is 0 Å². The van der Waals surface area contributed by atoms with Crippen molar-refractivity contribution in [1.29, 1.82) is 0 Å². The van der Waals surface area contributed by atoms with Crippen molar-refractivity contribution < 1.29 is 22.4 Å². The Kier molecular flexibility index (Phi) is 5.68.